The number of likely N-dealkylation sites (tertiary alicyclic amines) is 1. The summed E-state index contributed by atoms with van der Waals surface area (Å²) < 4.78 is 1.91. The Morgan fingerprint density at radius 3 is 2.42 bits per heavy atom. The molecule has 2 aliphatic rings. The molecule has 7 nitrogen and oxygen atoms in total. The molecule has 2 aliphatic heterocycles. The second kappa shape index (κ2) is 9.24. The Bertz CT molecular complexity index is 1530. The van der Waals surface area contributed by atoms with Crippen molar-refractivity contribution < 1.29 is 14.7 Å². The summed E-state index contributed by atoms with van der Waals surface area (Å²) in [6.07, 6.45) is 6.57. The van der Waals surface area contributed by atoms with Gasteiger partial charge < -0.3 is 19.6 Å². The van der Waals surface area contributed by atoms with Gasteiger partial charge in [-0.1, -0.05) is 48.4 Å². The standard InChI is InChI=1S/C28H27ClN4O3/c29-22-9-6-8-19-21(16-33(26(19)22)15-17(34)14-32-11-4-1-5-12-32)25-24(27(35)31-28(25)36)20-13-30-23-10-3-2-7-18(20)23/h2-3,6-10,13,16-17,30,34H,1,4-5,11-12,14-15H2,(H,31,35,36). The maximum atomic E-state index is 13.2. The average Bonchev–Trinajstić information content (AvgIpc) is 3.53. The predicted molar refractivity (Wildman–Crippen MR) is 142 cm³/mol. The van der Waals surface area contributed by atoms with Gasteiger partial charge in [-0.05, 0) is 38.1 Å². The van der Waals surface area contributed by atoms with Gasteiger partial charge in [-0.15, -0.1) is 0 Å². The number of piperidine rings is 1. The molecule has 4 heterocycles. The molecule has 3 N–H and O–H groups in total. The molecule has 1 fully saturated rings. The molecule has 2 aromatic carbocycles. The van der Waals surface area contributed by atoms with Crippen molar-refractivity contribution in [1.29, 1.82) is 0 Å². The number of hydrogen-bond acceptors (Lipinski definition) is 4. The number of para-hydroxylation sites is 2. The largest absolute Gasteiger partial charge is 0.390 e. The number of carbonyl (C=O) groups excluding carboxylic acids is 2. The second-order valence-corrected chi connectivity index (χ2v) is 10.0. The topological polar surface area (TPSA) is 90.4 Å². The van der Waals surface area contributed by atoms with Gasteiger partial charge in [0.1, 0.15) is 0 Å². The molecule has 1 unspecified atom stereocenters. The van der Waals surface area contributed by atoms with Crippen molar-refractivity contribution in [3.8, 4) is 0 Å². The quantitative estimate of drug-likeness (QED) is 0.345. The lowest BCUT2D eigenvalue weighted by molar-refractivity contribution is -0.122. The molecule has 184 valence electrons. The minimum Gasteiger partial charge on any atom is -0.390 e. The highest BCUT2D eigenvalue weighted by molar-refractivity contribution is 6.51. The number of aliphatic hydroxyl groups excluding tert-OH is 1. The van der Waals surface area contributed by atoms with Gasteiger partial charge >= 0.3 is 0 Å². The van der Waals surface area contributed by atoms with Crippen molar-refractivity contribution in [2.75, 3.05) is 19.6 Å². The summed E-state index contributed by atoms with van der Waals surface area (Å²) >= 11 is 6.64. The third kappa shape index (κ3) is 3.93. The number of aromatic amines is 1. The fourth-order valence-electron chi connectivity index (χ4n) is 5.63. The Balaban J connectivity index is 1.47. The van der Waals surface area contributed by atoms with Gasteiger partial charge in [0.15, 0.2) is 0 Å². The molecule has 0 saturated carbocycles. The van der Waals surface area contributed by atoms with Crippen LogP contribution in [0.5, 0.6) is 0 Å². The molecular weight excluding hydrogens is 476 g/mol. The number of carbonyl (C=O) groups is 2. The minimum atomic E-state index is -0.594. The Hall–Kier alpha value is -3.39. The summed E-state index contributed by atoms with van der Waals surface area (Å²) in [4.78, 5) is 31.7. The minimum absolute atomic E-state index is 0.321. The van der Waals surface area contributed by atoms with E-state index in [0.717, 1.165) is 47.7 Å². The Morgan fingerprint density at radius 1 is 0.889 bits per heavy atom. The maximum absolute atomic E-state index is 13.2. The van der Waals surface area contributed by atoms with Crippen molar-refractivity contribution in [3.63, 3.8) is 0 Å². The summed E-state index contributed by atoms with van der Waals surface area (Å²) in [6.45, 7) is 2.92. The van der Waals surface area contributed by atoms with E-state index in [2.05, 4.69) is 15.2 Å². The molecule has 0 spiro atoms. The van der Waals surface area contributed by atoms with Crippen LogP contribution in [0.3, 0.4) is 0 Å². The molecular formula is C28H27ClN4O3. The molecule has 6 rings (SSSR count). The number of rotatable bonds is 6. The van der Waals surface area contributed by atoms with Gasteiger partial charge in [0.05, 0.1) is 27.8 Å². The van der Waals surface area contributed by atoms with E-state index in [1.807, 2.05) is 47.2 Å². The first-order valence-electron chi connectivity index (χ1n) is 12.4. The monoisotopic (exact) mass is 502 g/mol. The lowest BCUT2D eigenvalue weighted by Gasteiger charge is -2.28. The van der Waals surface area contributed by atoms with Crippen LogP contribution in [0.25, 0.3) is 33.0 Å². The van der Waals surface area contributed by atoms with E-state index in [-0.39, 0.29) is 0 Å². The lowest BCUT2D eigenvalue weighted by Crippen LogP contribution is -2.37. The molecule has 2 amide bonds. The van der Waals surface area contributed by atoms with Crippen molar-refractivity contribution in [3.05, 3.63) is 71.0 Å². The van der Waals surface area contributed by atoms with Crippen LogP contribution in [0.4, 0.5) is 0 Å². The van der Waals surface area contributed by atoms with Crippen LogP contribution in [-0.4, -0.2) is 57.1 Å². The number of β-amino-alcohol motifs (C(OH)–C–C–N with tert-alkyl or cyclic N) is 1. The van der Waals surface area contributed by atoms with E-state index in [1.165, 1.54) is 6.42 Å². The SMILES string of the molecule is O=C1NC(=O)C(c2cn(CC(O)CN3CCCCC3)c3c(Cl)cccc23)=C1c1c[nH]c2ccccc12. The van der Waals surface area contributed by atoms with Gasteiger partial charge in [0, 0.05) is 52.9 Å². The highest BCUT2D eigenvalue weighted by Crippen LogP contribution is 2.39. The molecule has 1 saturated heterocycles. The van der Waals surface area contributed by atoms with Crippen LogP contribution in [-0.2, 0) is 16.1 Å². The number of nitrogens with one attached hydrogen (secondary N) is 2. The van der Waals surface area contributed by atoms with E-state index in [9.17, 15) is 14.7 Å². The number of hydrogen-bond donors (Lipinski definition) is 3. The molecule has 0 aliphatic carbocycles. The number of aliphatic hydroxyl groups is 1. The van der Waals surface area contributed by atoms with Crippen LogP contribution in [0.2, 0.25) is 5.02 Å². The molecule has 0 bridgehead atoms. The zero-order chi connectivity index (χ0) is 24.8. The average molecular weight is 503 g/mol. The maximum Gasteiger partial charge on any atom is 0.259 e. The molecule has 2 aromatic heterocycles. The number of H-pyrrole nitrogens is 1. The van der Waals surface area contributed by atoms with Crippen molar-refractivity contribution >= 4 is 56.4 Å². The van der Waals surface area contributed by atoms with Gasteiger partial charge in [-0.3, -0.25) is 14.9 Å². The van der Waals surface area contributed by atoms with Crippen molar-refractivity contribution in [2.24, 2.45) is 0 Å². The first-order valence-corrected chi connectivity index (χ1v) is 12.7. The van der Waals surface area contributed by atoms with Crippen molar-refractivity contribution in [2.45, 2.75) is 31.9 Å². The Kier molecular flexibility index (Phi) is 5.91. The first-order chi connectivity index (χ1) is 17.5. The van der Waals surface area contributed by atoms with Gasteiger partial charge in [0.2, 0.25) is 0 Å². The van der Waals surface area contributed by atoms with Gasteiger partial charge in [-0.2, -0.15) is 0 Å². The Morgan fingerprint density at radius 2 is 1.61 bits per heavy atom. The summed E-state index contributed by atoms with van der Waals surface area (Å²) in [7, 11) is 0. The highest BCUT2D eigenvalue weighted by Gasteiger charge is 2.35. The summed E-state index contributed by atoms with van der Waals surface area (Å²) in [6, 6.07) is 13.2. The molecule has 4 aromatic rings. The number of benzene rings is 2. The number of aromatic nitrogens is 2. The highest BCUT2D eigenvalue weighted by atomic mass is 35.5. The molecule has 1 atom stereocenters. The normalized spacial score (nSPS) is 17.9. The molecule has 0 radical (unpaired) electrons. The third-order valence-corrected chi connectivity index (χ3v) is 7.54. The Labute approximate surface area is 213 Å². The van der Waals surface area contributed by atoms with Crippen LogP contribution in [0.15, 0.2) is 54.9 Å². The van der Waals surface area contributed by atoms with Gasteiger partial charge in [0.25, 0.3) is 11.8 Å². The summed E-state index contributed by atoms with van der Waals surface area (Å²) in [5.41, 5.74) is 3.59. The number of amides is 2. The van der Waals surface area contributed by atoms with E-state index >= 15 is 0 Å². The molecule has 36 heavy (non-hydrogen) atoms. The zero-order valence-electron chi connectivity index (χ0n) is 19.8. The number of nitrogens with zero attached hydrogens (tertiary/aromatic N) is 2. The first kappa shape index (κ1) is 23.0. The smallest absolute Gasteiger partial charge is 0.259 e. The van der Waals surface area contributed by atoms with Crippen LogP contribution in [0, 0.1) is 0 Å². The fraction of sp³-hybridized carbons (Fsp3) is 0.286. The van der Waals surface area contributed by atoms with Crippen LogP contribution in [0.1, 0.15) is 30.4 Å². The third-order valence-electron chi connectivity index (χ3n) is 7.23. The van der Waals surface area contributed by atoms with Gasteiger partial charge in [-0.25, -0.2) is 0 Å². The summed E-state index contributed by atoms with van der Waals surface area (Å²) in [5, 5.41) is 15.6. The van der Waals surface area contributed by atoms with E-state index in [4.69, 9.17) is 11.6 Å². The summed E-state index contributed by atoms with van der Waals surface area (Å²) in [5.74, 6) is -0.860. The molecule has 8 heteroatoms. The number of halogens is 1. The van der Waals surface area contributed by atoms with Crippen molar-refractivity contribution in [1.82, 2.24) is 19.8 Å². The predicted octanol–water partition coefficient (Wildman–Crippen LogP) is 4.19. The number of imide groups is 1. The number of fused-ring (bicyclic) bond motifs is 2. The fourth-order valence-corrected chi connectivity index (χ4v) is 5.91. The zero-order valence-corrected chi connectivity index (χ0v) is 20.5. The van der Waals surface area contributed by atoms with Crippen LogP contribution >= 0.6 is 11.6 Å². The second-order valence-electron chi connectivity index (χ2n) is 9.63. The lowest BCUT2D eigenvalue weighted by atomic mass is 9.95. The van der Waals surface area contributed by atoms with Crippen LogP contribution < -0.4 is 5.32 Å². The van der Waals surface area contributed by atoms with E-state index in [1.54, 1.807) is 12.3 Å². The van der Waals surface area contributed by atoms with E-state index in [0.29, 0.717) is 40.4 Å². The van der Waals surface area contributed by atoms with E-state index < -0.39 is 17.9 Å².